The Bertz CT molecular complexity index is 593. The Balaban J connectivity index is 2.00. The number of hydrogen-bond donors (Lipinski definition) is 1. The van der Waals surface area contributed by atoms with Crippen molar-refractivity contribution in [2.75, 3.05) is 5.32 Å². The van der Waals surface area contributed by atoms with Gasteiger partial charge in [0.05, 0.1) is 5.69 Å². The number of fused-ring (bicyclic) bond motifs is 1. The molecule has 3 nitrogen and oxygen atoms in total. The highest BCUT2D eigenvalue weighted by atomic mass is 16.5. The van der Waals surface area contributed by atoms with Crippen LogP contribution in [0.25, 0.3) is 0 Å². The van der Waals surface area contributed by atoms with E-state index in [-0.39, 0.29) is 5.97 Å². The number of hydrogen-bond acceptors (Lipinski definition) is 3. The van der Waals surface area contributed by atoms with Crippen LogP contribution in [0, 0.1) is 6.92 Å². The molecule has 0 aromatic heterocycles. The molecule has 0 radical (unpaired) electrons. The van der Waals surface area contributed by atoms with Crippen LogP contribution in [-0.4, -0.2) is 5.97 Å². The van der Waals surface area contributed by atoms with E-state index in [4.69, 9.17) is 4.74 Å². The van der Waals surface area contributed by atoms with Crippen molar-refractivity contribution in [2.45, 2.75) is 13.0 Å². The topological polar surface area (TPSA) is 38.3 Å². The highest BCUT2D eigenvalue weighted by Gasteiger charge is 2.29. The molecule has 0 spiro atoms. The zero-order chi connectivity index (χ0) is 12.5. The summed E-state index contributed by atoms with van der Waals surface area (Å²) >= 11 is 0. The fourth-order valence-electron chi connectivity index (χ4n) is 2.14. The Labute approximate surface area is 105 Å². The van der Waals surface area contributed by atoms with Gasteiger partial charge in [-0.2, -0.15) is 0 Å². The standard InChI is InChI=1S/C15H13NO2/c1-10-6-5-9-12-14(10)18-15(17)13(16-12)11-7-3-2-4-8-11/h2-9,13,16H,1H3/t13-/m0/s1. The Morgan fingerprint density at radius 2 is 1.83 bits per heavy atom. The second-order valence-corrected chi connectivity index (χ2v) is 4.36. The number of para-hydroxylation sites is 1. The average Bonchev–Trinajstić information content (AvgIpc) is 2.40. The van der Waals surface area contributed by atoms with Gasteiger partial charge in [0.2, 0.25) is 0 Å². The monoisotopic (exact) mass is 239 g/mol. The first-order valence-corrected chi connectivity index (χ1v) is 5.88. The van der Waals surface area contributed by atoms with E-state index >= 15 is 0 Å². The first-order chi connectivity index (χ1) is 8.75. The van der Waals surface area contributed by atoms with Crippen LogP contribution in [0.4, 0.5) is 5.69 Å². The number of benzene rings is 2. The van der Waals surface area contributed by atoms with Gasteiger partial charge >= 0.3 is 5.97 Å². The lowest BCUT2D eigenvalue weighted by atomic mass is 10.0. The van der Waals surface area contributed by atoms with Crippen LogP contribution in [0.5, 0.6) is 5.75 Å². The fourth-order valence-corrected chi connectivity index (χ4v) is 2.14. The quantitative estimate of drug-likeness (QED) is 0.614. The van der Waals surface area contributed by atoms with Crippen molar-refractivity contribution in [3.05, 3.63) is 59.7 Å². The third-order valence-electron chi connectivity index (χ3n) is 3.08. The molecule has 0 unspecified atom stereocenters. The minimum atomic E-state index is -0.430. The number of carbonyl (C=O) groups is 1. The Hall–Kier alpha value is -2.29. The molecule has 90 valence electrons. The Morgan fingerprint density at radius 1 is 1.06 bits per heavy atom. The van der Waals surface area contributed by atoms with Gasteiger partial charge in [0.15, 0.2) is 11.8 Å². The van der Waals surface area contributed by atoms with Gasteiger partial charge in [-0.25, -0.2) is 4.79 Å². The average molecular weight is 239 g/mol. The van der Waals surface area contributed by atoms with E-state index in [0.29, 0.717) is 5.75 Å². The summed E-state index contributed by atoms with van der Waals surface area (Å²) in [6, 6.07) is 14.9. The van der Waals surface area contributed by atoms with E-state index in [9.17, 15) is 4.79 Å². The third-order valence-corrected chi connectivity index (χ3v) is 3.08. The molecule has 1 atom stereocenters. The largest absolute Gasteiger partial charge is 0.422 e. The highest BCUT2D eigenvalue weighted by molar-refractivity contribution is 5.88. The number of anilines is 1. The van der Waals surface area contributed by atoms with E-state index in [0.717, 1.165) is 16.8 Å². The van der Waals surface area contributed by atoms with Gasteiger partial charge < -0.3 is 10.1 Å². The Morgan fingerprint density at radius 3 is 2.61 bits per heavy atom. The predicted molar refractivity (Wildman–Crippen MR) is 69.6 cm³/mol. The summed E-state index contributed by atoms with van der Waals surface area (Å²) < 4.78 is 5.43. The molecular weight excluding hydrogens is 226 g/mol. The van der Waals surface area contributed by atoms with Crippen LogP contribution in [0.1, 0.15) is 17.2 Å². The predicted octanol–water partition coefficient (Wildman–Crippen LogP) is 3.07. The van der Waals surface area contributed by atoms with Gasteiger partial charge in [-0.1, -0.05) is 42.5 Å². The number of esters is 1. The summed E-state index contributed by atoms with van der Waals surface area (Å²) in [5, 5.41) is 3.23. The molecule has 18 heavy (non-hydrogen) atoms. The van der Waals surface area contributed by atoms with Gasteiger partial charge in [-0.15, -0.1) is 0 Å². The summed E-state index contributed by atoms with van der Waals surface area (Å²) in [4.78, 5) is 12.0. The van der Waals surface area contributed by atoms with E-state index in [2.05, 4.69) is 5.32 Å². The van der Waals surface area contributed by atoms with Crippen LogP contribution in [-0.2, 0) is 4.79 Å². The van der Waals surface area contributed by atoms with Crippen molar-refractivity contribution in [3.63, 3.8) is 0 Å². The van der Waals surface area contributed by atoms with Crippen molar-refractivity contribution >= 4 is 11.7 Å². The van der Waals surface area contributed by atoms with Crippen molar-refractivity contribution < 1.29 is 9.53 Å². The molecule has 2 aromatic carbocycles. The minimum absolute atomic E-state index is 0.261. The molecule has 3 rings (SSSR count). The van der Waals surface area contributed by atoms with Crippen molar-refractivity contribution in [2.24, 2.45) is 0 Å². The number of ether oxygens (including phenoxy) is 1. The Kier molecular flexibility index (Phi) is 2.52. The molecular formula is C15H13NO2. The summed E-state index contributed by atoms with van der Waals surface area (Å²) in [6.45, 7) is 1.93. The number of carbonyl (C=O) groups excluding carboxylic acids is 1. The molecule has 1 aliphatic heterocycles. The maximum absolute atomic E-state index is 12.0. The normalized spacial score (nSPS) is 17.6. The second-order valence-electron chi connectivity index (χ2n) is 4.36. The van der Waals surface area contributed by atoms with Crippen LogP contribution >= 0.6 is 0 Å². The molecule has 1 heterocycles. The summed E-state index contributed by atoms with van der Waals surface area (Å²) in [5.41, 5.74) is 2.73. The highest BCUT2D eigenvalue weighted by Crippen LogP contribution is 2.36. The molecule has 0 saturated heterocycles. The van der Waals surface area contributed by atoms with Gasteiger partial charge in [-0.3, -0.25) is 0 Å². The van der Waals surface area contributed by atoms with E-state index in [1.54, 1.807) is 0 Å². The SMILES string of the molecule is Cc1cccc2c1OC(=O)[C@H](c1ccccc1)N2. The maximum Gasteiger partial charge on any atom is 0.338 e. The molecule has 0 amide bonds. The summed E-state index contributed by atoms with van der Waals surface area (Å²) in [6.07, 6.45) is 0. The molecule has 0 saturated carbocycles. The van der Waals surface area contributed by atoms with Crippen molar-refractivity contribution in [3.8, 4) is 5.75 Å². The summed E-state index contributed by atoms with van der Waals surface area (Å²) in [5.74, 6) is 0.373. The lowest BCUT2D eigenvalue weighted by molar-refractivity contribution is -0.136. The van der Waals surface area contributed by atoms with Crippen LogP contribution in [0.15, 0.2) is 48.5 Å². The summed E-state index contributed by atoms with van der Waals surface area (Å²) in [7, 11) is 0. The van der Waals surface area contributed by atoms with E-state index < -0.39 is 6.04 Å². The first-order valence-electron chi connectivity index (χ1n) is 5.88. The zero-order valence-electron chi connectivity index (χ0n) is 10.0. The second kappa shape index (κ2) is 4.18. The maximum atomic E-state index is 12.0. The lowest BCUT2D eigenvalue weighted by Crippen LogP contribution is -2.30. The number of rotatable bonds is 1. The fraction of sp³-hybridized carbons (Fsp3) is 0.133. The van der Waals surface area contributed by atoms with Crippen LogP contribution in [0.3, 0.4) is 0 Å². The van der Waals surface area contributed by atoms with Crippen LogP contribution < -0.4 is 10.1 Å². The van der Waals surface area contributed by atoms with Gasteiger partial charge in [-0.05, 0) is 24.1 Å². The zero-order valence-corrected chi connectivity index (χ0v) is 10.0. The van der Waals surface area contributed by atoms with Crippen molar-refractivity contribution in [1.29, 1.82) is 0 Å². The van der Waals surface area contributed by atoms with Gasteiger partial charge in [0.25, 0.3) is 0 Å². The molecule has 3 heteroatoms. The lowest BCUT2D eigenvalue weighted by Gasteiger charge is -2.26. The molecule has 2 aromatic rings. The van der Waals surface area contributed by atoms with Gasteiger partial charge in [0, 0.05) is 0 Å². The van der Waals surface area contributed by atoms with Crippen LogP contribution in [0.2, 0.25) is 0 Å². The molecule has 0 bridgehead atoms. The third kappa shape index (κ3) is 1.74. The number of aryl methyl sites for hydroxylation is 1. The minimum Gasteiger partial charge on any atom is -0.422 e. The van der Waals surface area contributed by atoms with E-state index in [1.807, 2.05) is 55.5 Å². The molecule has 0 aliphatic carbocycles. The van der Waals surface area contributed by atoms with Gasteiger partial charge in [0.1, 0.15) is 0 Å². The number of nitrogens with one attached hydrogen (secondary N) is 1. The molecule has 1 aliphatic rings. The van der Waals surface area contributed by atoms with Crippen molar-refractivity contribution in [1.82, 2.24) is 0 Å². The van der Waals surface area contributed by atoms with E-state index in [1.165, 1.54) is 0 Å². The first kappa shape index (κ1) is 10.8. The molecule has 0 fully saturated rings. The smallest absolute Gasteiger partial charge is 0.338 e. The molecule has 1 N–H and O–H groups in total.